The van der Waals surface area contributed by atoms with Crippen molar-refractivity contribution in [3.8, 4) is 11.5 Å². The Morgan fingerprint density at radius 3 is 2.11 bits per heavy atom. The Balaban J connectivity index is 1.35. The summed E-state index contributed by atoms with van der Waals surface area (Å²) in [7, 11) is 0. The first kappa shape index (κ1) is 23.9. The molecule has 0 bridgehead atoms. The summed E-state index contributed by atoms with van der Waals surface area (Å²) in [4.78, 5) is 37.3. The van der Waals surface area contributed by atoms with E-state index in [1.165, 1.54) is 12.3 Å². The van der Waals surface area contributed by atoms with Crippen LogP contribution in [0, 0.1) is 0 Å². The highest BCUT2D eigenvalue weighted by Crippen LogP contribution is 2.21. The van der Waals surface area contributed by atoms with Crippen LogP contribution >= 0.6 is 0 Å². The number of amides is 3. The van der Waals surface area contributed by atoms with Gasteiger partial charge in [0.05, 0.1) is 17.5 Å². The summed E-state index contributed by atoms with van der Waals surface area (Å²) < 4.78 is 5.77. The monoisotopic (exact) mass is 478 g/mol. The Kier molecular flexibility index (Phi) is 7.81. The van der Waals surface area contributed by atoms with Crippen molar-refractivity contribution in [1.82, 2.24) is 5.43 Å². The molecule has 0 radical (unpaired) electrons. The highest BCUT2D eigenvalue weighted by Gasteiger charge is 2.17. The number of nitrogens with one attached hydrogen (secondary N) is 3. The number of hydrogen-bond donors (Lipinski definition) is 3. The normalized spacial score (nSPS) is 10.4. The van der Waals surface area contributed by atoms with Gasteiger partial charge in [0.15, 0.2) is 0 Å². The number of benzene rings is 4. The summed E-state index contributed by atoms with van der Waals surface area (Å²) in [5.41, 5.74) is 3.86. The lowest BCUT2D eigenvalue weighted by molar-refractivity contribution is -0.136. The van der Waals surface area contributed by atoms with Crippen LogP contribution in [0.1, 0.15) is 15.9 Å². The zero-order valence-electron chi connectivity index (χ0n) is 19.0. The third-order valence-electron chi connectivity index (χ3n) is 4.87. The predicted molar refractivity (Wildman–Crippen MR) is 138 cm³/mol. The Bertz CT molecular complexity index is 1390. The molecule has 0 spiro atoms. The van der Waals surface area contributed by atoms with E-state index in [-0.39, 0.29) is 11.3 Å². The quantitative estimate of drug-likeness (QED) is 0.201. The van der Waals surface area contributed by atoms with Gasteiger partial charge in [0.2, 0.25) is 0 Å². The summed E-state index contributed by atoms with van der Waals surface area (Å²) in [5, 5.41) is 9.05. The molecule has 4 aromatic rings. The number of ether oxygens (including phenoxy) is 1. The van der Waals surface area contributed by atoms with Crippen molar-refractivity contribution in [2.24, 2.45) is 5.10 Å². The van der Waals surface area contributed by atoms with Crippen molar-refractivity contribution < 1.29 is 19.1 Å². The molecule has 0 fully saturated rings. The summed E-state index contributed by atoms with van der Waals surface area (Å²) in [6.07, 6.45) is 1.39. The van der Waals surface area contributed by atoms with E-state index in [1.54, 1.807) is 66.7 Å². The molecule has 4 rings (SSSR count). The van der Waals surface area contributed by atoms with Gasteiger partial charge in [-0.05, 0) is 54.1 Å². The Morgan fingerprint density at radius 2 is 1.33 bits per heavy atom. The average molecular weight is 479 g/mol. The molecule has 0 saturated carbocycles. The van der Waals surface area contributed by atoms with E-state index in [4.69, 9.17) is 4.74 Å². The van der Waals surface area contributed by atoms with Gasteiger partial charge in [-0.25, -0.2) is 5.43 Å². The van der Waals surface area contributed by atoms with Crippen LogP contribution < -0.4 is 20.8 Å². The van der Waals surface area contributed by atoms with E-state index >= 15 is 0 Å². The number of para-hydroxylation sites is 3. The molecule has 0 atom stereocenters. The van der Waals surface area contributed by atoms with Crippen LogP contribution in [0.4, 0.5) is 11.4 Å². The van der Waals surface area contributed by atoms with Gasteiger partial charge >= 0.3 is 11.8 Å². The molecule has 0 saturated heterocycles. The van der Waals surface area contributed by atoms with E-state index in [0.29, 0.717) is 22.7 Å². The minimum Gasteiger partial charge on any atom is -0.457 e. The largest absolute Gasteiger partial charge is 0.457 e. The SMILES string of the molecule is O=C(N/N=C\c1cccc(Oc2ccccc2)c1)C(=O)Nc1ccccc1C(=O)Nc1ccccc1. The van der Waals surface area contributed by atoms with Gasteiger partial charge in [-0.3, -0.25) is 14.4 Å². The standard InChI is InChI=1S/C28H22N4O4/c33-26(30-21-11-3-1-4-12-21)24-16-7-8-17-25(24)31-27(34)28(35)32-29-19-20-10-9-15-23(18-20)36-22-13-5-2-6-14-22/h1-19H,(H,30,33)(H,31,34)(H,32,35)/b29-19-. The molecular weight excluding hydrogens is 456 g/mol. The lowest BCUT2D eigenvalue weighted by atomic mass is 10.1. The van der Waals surface area contributed by atoms with E-state index < -0.39 is 17.7 Å². The number of hydrogen-bond acceptors (Lipinski definition) is 5. The number of carbonyl (C=O) groups is 3. The van der Waals surface area contributed by atoms with Crippen molar-refractivity contribution in [3.63, 3.8) is 0 Å². The molecule has 3 amide bonds. The van der Waals surface area contributed by atoms with Crippen LogP contribution in [0.3, 0.4) is 0 Å². The van der Waals surface area contributed by atoms with E-state index in [2.05, 4.69) is 21.2 Å². The van der Waals surface area contributed by atoms with Gasteiger partial charge in [0, 0.05) is 5.69 Å². The maximum atomic E-state index is 12.7. The van der Waals surface area contributed by atoms with Gasteiger partial charge in [-0.2, -0.15) is 5.10 Å². The van der Waals surface area contributed by atoms with Crippen molar-refractivity contribution in [2.75, 3.05) is 10.6 Å². The summed E-state index contributed by atoms with van der Waals surface area (Å²) in [5.74, 6) is -1.09. The van der Waals surface area contributed by atoms with Crippen LogP contribution in [-0.2, 0) is 9.59 Å². The molecule has 178 valence electrons. The highest BCUT2D eigenvalue weighted by molar-refractivity contribution is 6.40. The lowest BCUT2D eigenvalue weighted by Crippen LogP contribution is -2.33. The predicted octanol–water partition coefficient (Wildman–Crippen LogP) is 4.82. The number of rotatable bonds is 7. The second kappa shape index (κ2) is 11.8. The number of anilines is 2. The van der Waals surface area contributed by atoms with Crippen molar-refractivity contribution >= 4 is 35.3 Å². The molecule has 36 heavy (non-hydrogen) atoms. The Labute approximate surface area is 207 Å². The number of nitrogens with zero attached hydrogens (tertiary/aromatic N) is 1. The molecule has 0 aliphatic carbocycles. The first-order valence-electron chi connectivity index (χ1n) is 11.0. The number of carbonyl (C=O) groups excluding carboxylic acids is 3. The fourth-order valence-corrected chi connectivity index (χ4v) is 3.19. The minimum absolute atomic E-state index is 0.195. The maximum Gasteiger partial charge on any atom is 0.329 e. The average Bonchev–Trinajstić information content (AvgIpc) is 2.90. The fraction of sp³-hybridized carbons (Fsp3) is 0. The molecule has 8 heteroatoms. The third-order valence-corrected chi connectivity index (χ3v) is 4.87. The summed E-state index contributed by atoms with van der Waals surface area (Å²) in [6, 6.07) is 31.7. The van der Waals surface area contributed by atoms with Gasteiger partial charge in [-0.15, -0.1) is 0 Å². The molecule has 4 aromatic carbocycles. The fourth-order valence-electron chi connectivity index (χ4n) is 3.19. The van der Waals surface area contributed by atoms with Gasteiger partial charge < -0.3 is 15.4 Å². The zero-order valence-corrected chi connectivity index (χ0v) is 19.0. The van der Waals surface area contributed by atoms with Gasteiger partial charge in [0.1, 0.15) is 11.5 Å². The first-order chi connectivity index (χ1) is 17.6. The molecule has 0 heterocycles. The van der Waals surface area contributed by atoms with E-state index in [1.807, 2.05) is 36.4 Å². The van der Waals surface area contributed by atoms with Crippen molar-refractivity contribution in [2.45, 2.75) is 0 Å². The van der Waals surface area contributed by atoms with Crippen LogP contribution in [0.2, 0.25) is 0 Å². The van der Waals surface area contributed by atoms with Crippen molar-refractivity contribution in [1.29, 1.82) is 0 Å². The molecule has 8 nitrogen and oxygen atoms in total. The van der Waals surface area contributed by atoms with Crippen LogP contribution in [0.15, 0.2) is 114 Å². The molecule has 0 aromatic heterocycles. The molecule has 3 N–H and O–H groups in total. The summed E-state index contributed by atoms with van der Waals surface area (Å²) in [6.45, 7) is 0. The van der Waals surface area contributed by atoms with Crippen LogP contribution in [-0.4, -0.2) is 23.9 Å². The second-order valence-electron chi connectivity index (χ2n) is 7.51. The Morgan fingerprint density at radius 1 is 0.667 bits per heavy atom. The van der Waals surface area contributed by atoms with E-state index in [0.717, 1.165) is 0 Å². The second-order valence-corrected chi connectivity index (χ2v) is 7.51. The molecule has 0 aliphatic heterocycles. The third kappa shape index (κ3) is 6.64. The van der Waals surface area contributed by atoms with Crippen LogP contribution in [0.25, 0.3) is 0 Å². The zero-order chi connectivity index (χ0) is 25.2. The minimum atomic E-state index is -0.985. The summed E-state index contributed by atoms with van der Waals surface area (Å²) >= 11 is 0. The maximum absolute atomic E-state index is 12.7. The van der Waals surface area contributed by atoms with Gasteiger partial charge in [-0.1, -0.05) is 60.7 Å². The molecular formula is C28H22N4O4. The van der Waals surface area contributed by atoms with E-state index in [9.17, 15) is 14.4 Å². The first-order valence-corrected chi connectivity index (χ1v) is 11.0. The van der Waals surface area contributed by atoms with Crippen molar-refractivity contribution in [3.05, 3.63) is 120 Å². The molecule has 0 aliphatic rings. The Hall–Kier alpha value is -5.24. The lowest BCUT2D eigenvalue weighted by Gasteiger charge is -2.11. The number of hydrazone groups is 1. The van der Waals surface area contributed by atoms with Gasteiger partial charge in [0.25, 0.3) is 5.91 Å². The molecule has 0 unspecified atom stereocenters. The van der Waals surface area contributed by atoms with Crippen LogP contribution in [0.5, 0.6) is 11.5 Å². The smallest absolute Gasteiger partial charge is 0.329 e. The topological polar surface area (TPSA) is 109 Å². The highest BCUT2D eigenvalue weighted by atomic mass is 16.5.